The largest absolute Gasteiger partial charge is 0.353 e. The van der Waals surface area contributed by atoms with Gasteiger partial charge in [-0.05, 0) is 12.5 Å². The lowest BCUT2D eigenvalue weighted by Crippen LogP contribution is -2.06. The Morgan fingerprint density at radius 2 is 2.08 bits per heavy atom. The monoisotopic (exact) mass is 162 g/mol. The summed E-state index contributed by atoms with van der Waals surface area (Å²) in [5, 5.41) is 0. The van der Waals surface area contributed by atoms with Gasteiger partial charge in [-0.1, -0.05) is 30.3 Å². The summed E-state index contributed by atoms with van der Waals surface area (Å²) >= 11 is 0. The lowest BCUT2D eigenvalue weighted by atomic mass is 10.0. The summed E-state index contributed by atoms with van der Waals surface area (Å²) in [5.74, 6) is 0. The molecule has 1 aromatic carbocycles. The first-order valence-electron chi connectivity index (χ1n) is 3.95. The van der Waals surface area contributed by atoms with Gasteiger partial charge in [0, 0.05) is 0 Å². The quantitative estimate of drug-likeness (QED) is 0.489. The number of rotatable bonds is 2. The van der Waals surface area contributed by atoms with E-state index in [0.717, 1.165) is 11.8 Å². The van der Waals surface area contributed by atoms with Crippen LogP contribution in [0.1, 0.15) is 18.6 Å². The minimum absolute atomic E-state index is 0.0313. The fraction of sp³-hybridized carbons (Fsp3) is 0.300. The summed E-state index contributed by atoms with van der Waals surface area (Å²) in [6.07, 6.45) is 0.834. The molecule has 1 aromatic rings. The molecule has 0 spiro atoms. The zero-order valence-electron chi connectivity index (χ0n) is 6.86. The summed E-state index contributed by atoms with van der Waals surface area (Å²) in [5.41, 5.74) is 0.508. The van der Waals surface area contributed by atoms with Crippen molar-refractivity contribution in [2.45, 2.75) is 18.6 Å². The van der Waals surface area contributed by atoms with Crippen LogP contribution < -0.4 is 0 Å². The van der Waals surface area contributed by atoms with Crippen molar-refractivity contribution in [3.8, 4) is 0 Å². The number of aldehydes is 1. The van der Waals surface area contributed by atoms with Crippen LogP contribution in [0.25, 0.3) is 0 Å². The number of carbonyl (C=O) groups excluding carboxylic acids is 1. The second kappa shape index (κ2) is 2.42. The standard InChI is InChI=1S/C10H10O2/c1-10(7-11)9(12-10)8-5-3-2-4-6-8/h2-7,9H,1H3/t9-,10-/m1/s1. The number of ether oxygens (including phenoxy) is 1. The van der Waals surface area contributed by atoms with Gasteiger partial charge in [-0.3, -0.25) is 0 Å². The van der Waals surface area contributed by atoms with E-state index in [1.54, 1.807) is 6.92 Å². The van der Waals surface area contributed by atoms with Crippen molar-refractivity contribution in [3.05, 3.63) is 35.9 Å². The number of hydrogen-bond acceptors (Lipinski definition) is 2. The highest BCUT2D eigenvalue weighted by atomic mass is 16.6. The molecule has 2 heteroatoms. The predicted molar refractivity (Wildman–Crippen MR) is 44.7 cm³/mol. The first-order valence-corrected chi connectivity index (χ1v) is 3.95. The lowest BCUT2D eigenvalue weighted by molar-refractivity contribution is -0.111. The van der Waals surface area contributed by atoms with Crippen LogP contribution in [-0.4, -0.2) is 11.9 Å². The van der Waals surface area contributed by atoms with E-state index in [2.05, 4.69) is 0 Å². The molecule has 0 bridgehead atoms. The maximum absolute atomic E-state index is 10.5. The van der Waals surface area contributed by atoms with E-state index < -0.39 is 5.60 Å². The molecule has 0 aliphatic carbocycles. The third kappa shape index (κ3) is 1.04. The minimum Gasteiger partial charge on any atom is -0.353 e. The molecule has 1 saturated heterocycles. The SMILES string of the molecule is C[C@]1(C=O)O[C@@H]1c1ccccc1. The van der Waals surface area contributed by atoms with Crippen LogP contribution >= 0.6 is 0 Å². The number of carbonyl (C=O) groups is 1. The molecule has 0 saturated carbocycles. The molecule has 0 radical (unpaired) electrons. The summed E-state index contributed by atoms with van der Waals surface area (Å²) in [6.45, 7) is 1.80. The molecule has 0 aromatic heterocycles. The lowest BCUT2D eigenvalue weighted by Gasteiger charge is -1.94. The number of epoxide rings is 1. The Labute approximate surface area is 71.2 Å². The van der Waals surface area contributed by atoms with Crippen LogP contribution in [0.5, 0.6) is 0 Å². The molecule has 2 nitrogen and oxygen atoms in total. The Balaban J connectivity index is 2.21. The molecule has 1 aliphatic rings. The van der Waals surface area contributed by atoms with Gasteiger partial charge in [0.15, 0.2) is 11.9 Å². The predicted octanol–water partition coefficient (Wildman–Crippen LogP) is 1.72. The van der Waals surface area contributed by atoms with Gasteiger partial charge in [-0.15, -0.1) is 0 Å². The van der Waals surface area contributed by atoms with Gasteiger partial charge in [-0.25, -0.2) is 0 Å². The fourth-order valence-corrected chi connectivity index (χ4v) is 1.34. The average molecular weight is 162 g/mol. The van der Waals surface area contributed by atoms with Gasteiger partial charge in [-0.2, -0.15) is 0 Å². The Morgan fingerprint density at radius 1 is 1.42 bits per heavy atom. The van der Waals surface area contributed by atoms with E-state index in [1.165, 1.54) is 0 Å². The molecular formula is C10H10O2. The smallest absolute Gasteiger partial charge is 0.154 e. The van der Waals surface area contributed by atoms with Crippen LogP contribution in [0.15, 0.2) is 30.3 Å². The van der Waals surface area contributed by atoms with Gasteiger partial charge in [0.05, 0.1) is 0 Å². The third-order valence-electron chi connectivity index (χ3n) is 2.17. The molecule has 0 N–H and O–H groups in total. The molecular weight excluding hydrogens is 152 g/mol. The summed E-state index contributed by atoms with van der Waals surface area (Å²) < 4.78 is 5.27. The Morgan fingerprint density at radius 3 is 2.58 bits per heavy atom. The zero-order chi connectivity index (χ0) is 8.60. The zero-order valence-corrected chi connectivity index (χ0v) is 6.86. The molecule has 12 heavy (non-hydrogen) atoms. The minimum atomic E-state index is -0.568. The summed E-state index contributed by atoms with van der Waals surface area (Å²) in [7, 11) is 0. The Kier molecular flexibility index (Phi) is 1.51. The molecule has 1 heterocycles. The summed E-state index contributed by atoms with van der Waals surface area (Å²) in [6, 6.07) is 9.79. The van der Waals surface area contributed by atoms with E-state index in [9.17, 15) is 4.79 Å². The van der Waals surface area contributed by atoms with E-state index in [1.807, 2.05) is 30.3 Å². The highest BCUT2D eigenvalue weighted by Gasteiger charge is 2.53. The van der Waals surface area contributed by atoms with Crippen molar-refractivity contribution >= 4 is 6.29 Å². The molecule has 1 fully saturated rings. The van der Waals surface area contributed by atoms with E-state index >= 15 is 0 Å². The molecule has 0 amide bonds. The second-order valence-electron chi connectivity index (χ2n) is 3.21. The molecule has 2 rings (SSSR count). The highest BCUT2D eigenvalue weighted by Crippen LogP contribution is 2.47. The van der Waals surface area contributed by atoms with Crippen molar-refractivity contribution < 1.29 is 9.53 Å². The average Bonchev–Trinajstić information content (AvgIpc) is 2.81. The Hall–Kier alpha value is -1.15. The van der Waals surface area contributed by atoms with Gasteiger partial charge in [0.25, 0.3) is 0 Å². The third-order valence-corrected chi connectivity index (χ3v) is 2.17. The van der Waals surface area contributed by atoms with Crippen LogP contribution in [0.2, 0.25) is 0 Å². The van der Waals surface area contributed by atoms with E-state index in [0.29, 0.717) is 0 Å². The molecule has 0 unspecified atom stereocenters. The fourth-order valence-electron chi connectivity index (χ4n) is 1.34. The normalized spacial score (nSPS) is 32.9. The maximum atomic E-state index is 10.5. The molecule has 2 atom stereocenters. The van der Waals surface area contributed by atoms with Crippen molar-refractivity contribution in [3.63, 3.8) is 0 Å². The van der Waals surface area contributed by atoms with Crippen LogP contribution in [0.3, 0.4) is 0 Å². The first-order chi connectivity index (χ1) is 5.76. The molecule has 1 aliphatic heterocycles. The van der Waals surface area contributed by atoms with Crippen LogP contribution in [0, 0.1) is 0 Å². The topological polar surface area (TPSA) is 29.6 Å². The van der Waals surface area contributed by atoms with E-state index in [4.69, 9.17) is 4.74 Å². The number of hydrogen-bond donors (Lipinski definition) is 0. The first kappa shape index (κ1) is 7.50. The van der Waals surface area contributed by atoms with Crippen molar-refractivity contribution in [1.29, 1.82) is 0 Å². The van der Waals surface area contributed by atoms with Gasteiger partial charge in [0.2, 0.25) is 0 Å². The van der Waals surface area contributed by atoms with Crippen LogP contribution in [-0.2, 0) is 9.53 Å². The van der Waals surface area contributed by atoms with Crippen molar-refractivity contribution in [1.82, 2.24) is 0 Å². The van der Waals surface area contributed by atoms with Gasteiger partial charge < -0.3 is 9.53 Å². The van der Waals surface area contributed by atoms with Crippen molar-refractivity contribution in [2.75, 3.05) is 0 Å². The van der Waals surface area contributed by atoms with E-state index in [-0.39, 0.29) is 6.10 Å². The maximum Gasteiger partial charge on any atom is 0.154 e. The second-order valence-corrected chi connectivity index (χ2v) is 3.21. The number of benzene rings is 1. The van der Waals surface area contributed by atoms with Crippen LogP contribution in [0.4, 0.5) is 0 Å². The molecule has 62 valence electrons. The van der Waals surface area contributed by atoms with Crippen molar-refractivity contribution in [2.24, 2.45) is 0 Å². The van der Waals surface area contributed by atoms with Gasteiger partial charge in [0.1, 0.15) is 6.10 Å². The van der Waals surface area contributed by atoms with Gasteiger partial charge >= 0.3 is 0 Å². The Bertz CT molecular complexity index is 294. The summed E-state index contributed by atoms with van der Waals surface area (Å²) in [4.78, 5) is 10.5. The highest BCUT2D eigenvalue weighted by molar-refractivity contribution is 5.68.